The number of thioether (sulfide) groups is 1. The number of carbonyl (C=O) groups is 2. The Morgan fingerprint density at radius 2 is 1.78 bits per heavy atom. The van der Waals surface area contributed by atoms with E-state index in [0.717, 1.165) is 44.0 Å². The molecule has 1 atom stereocenters. The lowest BCUT2D eigenvalue weighted by molar-refractivity contribution is -0.176. The molecule has 0 bridgehead atoms. The van der Waals surface area contributed by atoms with Crippen molar-refractivity contribution in [2.24, 2.45) is 0 Å². The van der Waals surface area contributed by atoms with Gasteiger partial charge in [0.15, 0.2) is 6.61 Å². The van der Waals surface area contributed by atoms with Crippen LogP contribution in [0.1, 0.15) is 36.1 Å². The van der Waals surface area contributed by atoms with Crippen LogP contribution in [0, 0.1) is 38.0 Å². The van der Waals surface area contributed by atoms with Crippen molar-refractivity contribution in [3.63, 3.8) is 0 Å². The van der Waals surface area contributed by atoms with Gasteiger partial charge >= 0.3 is 11.9 Å². The highest BCUT2D eigenvalue weighted by molar-refractivity contribution is 7.99. The van der Waals surface area contributed by atoms with Crippen molar-refractivity contribution in [3.05, 3.63) is 107 Å². The number of rotatable bonds is 15. The van der Waals surface area contributed by atoms with Gasteiger partial charge in [-0.05, 0) is 98.0 Å². The zero-order valence-corrected chi connectivity index (χ0v) is 27.3. The van der Waals surface area contributed by atoms with E-state index in [9.17, 15) is 14.7 Å². The highest BCUT2D eigenvalue weighted by Crippen LogP contribution is 2.32. The summed E-state index contributed by atoms with van der Waals surface area (Å²) in [7, 11) is 0. The first kappa shape index (κ1) is 35.7. The molecule has 7 nitrogen and oxygen atoms in total. The molecule has 0 amide bonds. The van der Waals surface area contributed by atoms with E-state index < -0.39 is 17.5 Å². The topological polar surface area (TPSA) is 102 Å². The molecule has 0 saturated heterocycles. The van der Waals surface area contributed by atoms with Crippen LogP contribution in [0.25, 0.3) is 11.1 Å². The van der Waals surface area contributed by atoms with Crippen LogP contribution in [-0.4, -0.2) is 54.3 Å². The molecule has 238 valence electrons. The van der Waals surface area contributed by atoms with Gasteiger partial charge in [0.25, 0.3) is 0 Å². The molecule has 3 rings (SSSR count). The summed E-state index contributed by atoms with van der Waals surface area (Å²) in [6.07, 6.45) is 10.4. The van der Waals surface area contributed by atoms with Crippen molar-refractivity contribution in [2.45, 2.75) is 38.2 Å². The van der Waals surface area contributed by atoms with Gasteiger partial charge in [-0.2, -0.15) is 0 Å². The van der Waals surface area contributed by atoms with Crippen molar-refractivity contribution >= 4 is 23.7 Å². The summed E-state index contributed by atoms with van der Waals surface area (Å²) in [5.74, 6) is 7.94. The van der Waals surface area contributed by atoms with Gasteiger partial charge in [-0.15, -0.1) is 18.2 Å². The van der Waals surface area contributed by atoms with Gasteiger partial charge < -0.3 is 24.4 Å². The Bertz CT molecular complexity index is 1690. The van der Waals surface area contributed by atoms with Gasteiger partial charge in [0.2, 0.25) is 5.60 Å². The predicted molar refractivity (Wildman–Crippen MR) is 182 cm³/mol. The zero-order valence-electron chi connectivity index (χ0n) is 26.5. The molecule has 0 spiro atoms. The molecule has 0 aliphatic rings. The van der Waals surface area contributed by atoms with Gasteiger partial charge in [-0.3, -0.25) is 0 Å². The van der Waals surface area contributed by atoms with E-state index in [-0.39, 0.29) is 26.4 Å². The Kier molecular flexibility index (Phi) is 13.7. The summed E-state index contributed by atoms with van der Waals surface area (Å²) >= 11 is 1.65. The van der Waals surface area contributed by atoms with Crippen LogP contribution in [0.2, 0.25) is 0 Å². The van der Waals surface area contributed by atoms with Gasteiger partial charge in [0.05, 0.1) is 13.2 Å². The summed E-state index contributed by atoms with van der Waals surface area (Å²) in [5, 5.41) is 19.1. The van der Waals surface area contributed by atoms with E-state index in [1.54, 1.807) is 30.8 Å². The average Bonchev–Trinajstić information content (AvgIpc) is 3.02. The van der Waals surface area contributed by atoms with Crippen molar-refractivity contribution < 1.29 is 34.0 Å². The first-order valence-electron chi connectivity index (χ1n) is 14.6. The summed E-state index contributed by atoms with van der Waals surface area (Å²) in [4.78, 5) is 24.4. The third-order valence-corrected chi connectivity index (χ3v) is 7.69. The van der Waals surface area contributed by atoms with Crippen LogP contribution in [0.15, 0.2) is 89.4 Å². The Morgan fingerprint density at radius 1 is 1.02 bits per heavy atom. The summed E-state index contributed by atoms with van der Waals surface area (Å²) in [6.45, 7) is 7.34. The molecule has 0 aliphatic heterocycles. The molecule has 0 saturated carbocycles. The molecular formula is C38H38O7S. The maximum absolute atomic E-state index is 12.6. The highest BCUT2D eigenvalue weighted by atomic mass is 32.2. The summed E-state index contributed by atoms with van der Waals surface area (Å²) in [6, 6.07) is 19.1. The van der Waals surface area contributed by atoms with Crippen molar-refractivity contribution in [3.8, 4) is 41.1 Å². The van der Waals surface area contributed by atoms with Gasteiger partial charge in [0, 0.05) is 22.8 Å². The number of terminal acetylenes is 1. The maximum Gasteiger partial charge on any atom is 0.343 e. The monoisotopic (exact) mass is 638 g/mol. The SMILES string of the molecule is C#CC=CCOCC(OCC)(C(=O)O)c1cc(C)cc(-c2ccc(C#CC(C)=CCSc3ccc(OCC(=O)O)c(C)c3)cc2)c1. The minimum Gasteiger partial charge on any atom is -0.482 e. The van der Waals surface area contributed by atoms with Gasteiger partial charge in [-0.1, -0.05) is 59.7 Å². The largest absolute Gasteiger partial charge is 0.482 e. The van der Waals surface area contributed by atoms with E-state index in [2.05, 4.69) is 23.8 Å². The zero-order chi connectivity index (χ0) is 33.5. The second-order valence-electron chi connectivity index (χ2n) is 10.4. The van der Waals surface area contributed by atoms with Crippen LogP contribution in [0.5, 0.6) is 5.75 Å². The molecule has 8 heteroatoms. The third kappa shape index (κ3) is 10.4. The van der Waals surface area contributed by atoms with E-state index in [4.69, 9.17) is 25.7 Å². The number of carboxylic acids is 2. The second kappa shape index (κ2) is 17.7. The fourth-order valence-electron chi connectivity index (χ4n) is 4.52. The van der Waals surface area contributed by atoms with Crippen molar-refractivity contribution in [1.29, 1.82) is 0 Å². The molecule has 0 aromatic heterocycles. The van der Waals surface area contributed by atoms with E-state index in [1.807, 2.05) is 75.4 Å². The summed E-state index contributed by atoms with van der Waals surface area (Å²) < 4.78 is 16.8. The molecule has 46 heavy (non-hydrogen) atoms. The predicted octanol–water partition coefficient (Wildman–Crippen LogP) is 7.05. The highest BCUT2D eigenvalue weighted by Gasteiger charge is 2.42. The van der Waals surface area contributed by atoms with Crippen LogP contribution < -0.4 is 4.74 Å². The molecule has 3 aromatic carbocycles. The normalized spacial score (nSPS) is 12.5. The van der Waals surface area contributed by atoms with Crippen LogP contribution >= 0.6 is 11.8 Å². The molecular weight excluding hydrogens is 600 g/mol. The molecule has 0 aliphatic carbocycles. The fraction of sp³-hybridized carbons (Fsp3) is 0.263. The minimum absolute atomic E-state index is 0.169. The van der Waals surface area contributed by atoms with Crippen LogP contribution in [-0.2, 0) is 24.7 Å². The smallest absolute Gasteiger partial charge is 0.343 e. The van der Waals surface area contributed by atoms with Crippen molar-refractivity contribution in [2.75, 3.05) is 32.2 Å². The Hall–Kier alpha value is -4.73. The third-order valence-electron chi connectivity index (χ3n) is 6.77. The Morgan fingerprint density at radius 3 is 2.43 bits per heavy atom. The lowest BCUT2D eigenvalue weighted by Crippen LogP contribution is -2.43. The first-order valence-corrected chi connectivity index (χ1v) is 15.6. The number of allylic oxidation sites excluding steroid dienone is 2. The average molecular weight is 639 g/mol. The van der Waals surface area contributed by atoms with Crippen LogP contribution in [0.3, 0.4) is 0 Å². The number of aliphatic carboxylic acids is 2. The van der Waals surface area contributed by atoms with E-state index in [0.29, 0.717) is 11.3 Å². The molecule has 0 fully saturated rings. The number of ether oxygens (including phenoxy) is 3. The lowest BCUT2D eigenvalue weighted by Gasteiger charge is -2.30. The van der Waals surface area contributed by atoms with Crippen molar-refractivity contribution in [1.82, 2.24) is 0 Å². The minimum atomic E-state index is -1.67. The fourth-order valence-corrected chi connectivity index (χ4v) is 5.47. The maximum atomic E-state index is 12.6. The first-order chi connectivity index (χ1) is 22.1. The Labute approximate surface area is 275 Å². The van der Waals surface area contributed by atoms with E-state index >= 15 is 0 Å². The van der Waals surface area contributed by atoms with Gasteiger partial charge in [-0.25, -0.2) is 9.59 Å². The van der Waals surface area contributed by atoms with Gasteiger partial charge in [0.1, 0.15) is 5.75 Å². The Balaban J connectivity index is 1.71. The van der Waals surface area contributed by atoms with E-state index in [1.165, 1.54) is 6.08 Å². The number of benzene rings is 3. The quantitative estimate of drug-likeness (QED) is 0.104. The molecule has 3 aromatic rings. The molecule has 1 unspecified atom stereocenters. The molecule has 0 radical (unpaired) electrons. The number of aryl methyl sites for hydroxylation is 2. The van der Waals surface area contributed by atoms with Crippen LogP contribution in [0.4, 0.5) is 0 Å². The number of hydrogen-bond acceptors (Lipinski definition) is 6. The summed E-state index contributed by atoms with van der Waals surface area (Å²) in [5.41, 5.74) is 4.17. The number of hydrogen-bond donors (Lipinski definition) is 2. The lowest BCUT2D eigenvalue weighted by atomic mass is 9.89. The standard InChI is InChI=1S/C38H38O7S/c1-6-8-9-19-43-26-38(37(41)42,45-7-2)33-22-28(4)21-32(24-33)31-14-12-30(13-15-31)11-10-27(3)18-20-46-34-16-17-35(29(5)23-34)44-25-36(39)40/h1,8-9,12-18,21-24H,7,19-20,25-26H2,2-5H3,(H,39,40)(H,41,42). The molecule has 0 heterocycles. The molecule has 2 N–H and O–H groups in total. The number of carboxylic acid groups (broad SMARTS) is 2. The second-order valence-corrected chi connectivity index (χ2v) is 11.5.